The van der Waals surface area contributed by atoms with Crippen molar-refractivity contribution in [3.8, 4) is 0 Å². The van der Waals surface area contributed by atoms with E-state index in [1.165, 1.54) is 12.1 Å². The molecule has 6 nitrogen and oxygen atoms in total. The van der Waals surface area contributed by atoms with E-state index in [0.29, 0.717) is 18.7 Å². The quantitative estimate of drug-likeness (QED) is 0.606. The van der Waals surface area contributed by atoms with E-state index < -0.39 is 16.9 Å². The Labute approximate surface area is 111 Å². The molecule has 1 atom stereocenters. The Kier molecular flexibility index (Phi) is 5.29. The van der Waals surface area contributed by atoms with Gasteiger partial charge in [0.25, 0.3) is 5.69 Å². The molecule has 104 valence electrons. The fourth-order valence-electron chi connectivity index (χ4n) is 2.02. The van der Waals surface area contributed by atoms with Crippen molar-refractivity contribution in [3.63, 3.8) is 0 Å². The molecule has 0 fully saturated rings. The van der Waals surface area contributed by atoms with Crippen molar-refractivity contribution < 1.29 is 14.8 Å². The van der Waals surface area contributed by atoms with Crippen molar-refractivity contribution in [1.82, 2.24) is 0 Å². The summed E-state index contributed by atoms with van der Waals surface area (Å²) in [5.41, 5.74) is 0.546. The molecule has 0 aliphatic rings. The third-order valence-corrected chi connectivity index (χ3v) is 2.88. The van der Waals surface area contributed by atoms with Gasteiger partial charge in [-0.25, -0.2) is 4.79 Å². The van der Waals surface area contributed by atoms with E-state index >= 15 is 0 Å². The molecule has 0 saturated heterocycles. The monoisotopic (exact) mass is 266 g/mol. The van der Waals surface area contributed by atoms with Gasteiger partial charge in [-0.2, -0.15) is 0 Å². The summed E-state index contributed by atoms with van der Waals surface area (Å²) in [5.74, 6) is -0.914. The van der Waals surface area contributed by atoms with E-state index in [4.69, 9.17) is 0 Å². The molecule has 0 aliphatic heterocycles. The molecular weight excluding hydrogens is 248 g/mol. The normalized spacial score (nSPS) is 11.9. The average Bonchev–Trinajstić information content (AvgIpc) is 2.38. The zero-order valence-electron chi connectivity index (χ0n) is 11.1. The van der Waals surface area contributed by atoms with Gasteiger partial charge in [0.2, 0.25) is 0 Å². The van der Waals surface area contributed by atoms with E-state index in [1.807, 2.05) is 6.92 Å². The first-order valence-corrected chi connectivity index (χ1v) is 6.25. The Balaban J connectivity index is 3.14. The first-order valence-electron chi connectivity index (χ1n) is 6.25. The first kappa shape index (κ1) is 14.9. The highest BCUT2D eigenvalue weighted by Crippen LogP contribution is 2.24. The predicted molar refractivity (Wildman–Crippen MR) is 72.4 cm³/mol. The molecule has 1 rings (SSSR count). The molecule has 0 spiro atoms. The SMILES string of the molecule is CCCN(c1cccc([N+](=O)[O-])c1)[C@H](CC)C(=O)O. The molecule has 0 radical (unpaired) electrons. The number of carboxylic acids is 1. The zero-order valence-corrected chi connectivity index (χ0v) is 11.1. The lowest BCUT2D eigenvalue weighted by Crippen LogP contribution is -2.41. The summed E-state index contributed by atoms with van der Waals surface area (Å²) in [6.45, 7) is 4.28. The Morgan fingerprint density at radius 3 is 2.63 bits per heavy atom. The molecule has 6 heteroatoms. The molecule has 0 heterocycles. The molecule has 0 aliphatic carbocycles. The number of hydrogen-bond donors (Lipinski definition) is 1. The van der Waals surface area contributed by atoms with Crippen LogP contribution in [0.5, 0.6) is 0 Å². The van der Waals surface area contributed by atoms with Crippen LogP contribution in [0.15, 0.2) is 24.3 Å². The van der Waals surface area contributed by atoms with E-state index in [0.717, 1.165) is 6.42 Å². The number of nitro groups is 1. The van der Waals surface area contributed by atoms with E-state index in [-0.39, 0.29) is 5.69 Å². The fraction of sp³-hybridized carbons (Fsp3) is 0.462. The van der Waals surface area contributed by atoms with Crippen LogP contribution in [0.1, 0.15) is 26.7 Å². The number of nitro benzene ring substituents is 1. The Hall–Kier alpha value is -2.11. The molecule has 19 heavy (non-hydrogen) atoms. The van der Waals surface area contributed by atoms with Crippen LogP contribution in [0.4, 0.5) is 11.4 Å². The van der Waals surface area contributed by atoms with E-state index in [9.17, 15) is 20.0 Å². The van der Waals surface area contributed by atoms with Crippen molar-refractivity contribution in [2.75, 3.05) is 11.4 Å². The number of benzene rings is 1. The summed E-state index contributed by atoms with van der Waals surface area (Å²) >= 11 is 0. The third-order valence-electron chi connectivity index (χ3n) is 2.88. The van der Waals surface area contributed by atoms with Crippen molar-refractivity contribution >= 4 is 17.3 Å². The third kappa shape index (κ3) is 3.67. The largest absolute Gasteiger partial charge is 0.480 e. The maximum absolute atomic E-state index is 11.3. The number of anilines is 1. The van der Waals surface area contributed by atoms with E-state index in [2.05, 4.69) is 0 Å². The van der Waals surface area contributed by atoms with Gasteiger partial charge in [-0.1, -0.05) is 19.9 Å². The van der Waals surface area contributed by atoms with Gasteiger partial charge in [-0.15, -0.1) is 0 Å². The van der Waals surface area contributed by atoms with Gasteiger partial charge in [0, 0.05) is 24.4 Å². The van der Waals surface area contributed by atoms with Crippen molar-refractivity contribution in [3.05, 3.63) is 34.4 Å². The lowest BCUT2D eigenvalue weighted by Gasteiger charge is -2.29. The minimum Gasteiger partial charge on any atom is -0.480 e. The number of carbonyl (C=O) groups is 1. The minimum absolute atomic E-state index is 0.0288. The van der Waals surface area contributed by atoms with Crippen LogP contribution in [-0.2, 0) is 4.79 Å². The van der Waals surface area contributed by atoms with Gasteiger partial charge < -0.3 is 10.0 Å². The Morgan fingerprint density at radius 2 is 2.16 bits per heavy atom. The van der Waals surface area contributed by atoms with Crippen LogP contribution in [0, 0.1) is 10.1 Å². The van der Waals surface area contributed by atoms with Gasteiger partial charge in [0.05, 0.1) is 4.92 Å². The highest BCUT2D eigenvalue weighted by molar-refractivity contribution is 5.78. The molecular formula is C13H18N2O4. The molecule has 0 unspecified atom stereocenters. The summed E-state index contributed by atoms with van der Waals surface area (Å²) in [7, 11) is 0. The second kappa shape index (κ2) is 6.72. The fourth-order valence-corrected chi connectivity index (χ4v) is 2.02. The van der Waals surface area contributed by atoms with E-state index in [1.54, 1.807) is 24.0 Å². The smallest absolute Gasteiger partial charge is 0.326 e. The molecule has 1 aromatic carbocycles. The number of nitrogens with zero attached hydrogens (tertiary/aromatic N) is 2. The second-order valence-corrected chi connectivity index (χ2v) is 4.23. The molecule has 0 bridgehead atoms. The first-order chi connectivity index (χ1) is 9.01. The molecule has 0 aromatic heterocycles. The van der Waals surface area contributed by atoms with Gasteiger partial charge in [0.1, 0.15) is 6.04 Å². The van der Waals surface area contributed by atoms with Crippen molar-refractivity contribution in [1.29, 1.82) is 0 Å². The number of hydrogen-bond acceptors (Lipinski definition) is 4. The second-order valence-electron chi connectivity index (χ2n) is 4.23. The van der Waals surface area contributed by atoms with Crippen LogP contribution in [0.25, 0.3) is 0 Å². The Morgan fingerprint density at radius 1 is 1.47 bits per heavy atom. The lowest BCUT2D eigenvalue weighted by atomic mass is 10.1. The predicted octanol–water partition coefficient (Wildman–Crippen LogP) is 2.67. The summed E-state index contributed by atoms with van der Waals surface area (Å²) in [6.07, 6.45) is 1.21. The molecule has 0 amide bonds. The average molecular weight is 266 g/mol. The summed E-state index contributed by atoms with van der Waals surface area (Å²) in [4.78, 5) is 23.3. The van der Waals surface area contributed by atoms with Crippen LogP contribution in [0.2, 0.25) is 0 Å². The van der Waals surface area contributed by atoms with Crippen molar-refractivity contribution in [2.24, 2.45) is 0 Å². The van der Waals surface area contributed by atoms with Crippen molar-refractivity contribution in [2.45, 2.75) is 32.7 Å². The van der Waals surface area contributed by atoms with Crippen LogP contribution < -0.4 is 4.90 Å². The highest BCUT2D eigenvalue weighted by atomic mass is 16.6. The molecule has 1 aromatic rings. The van der Waals surface area contributed by atoms with Crippen LogP contribution in [0.3, 0.4) is 0 Å². The zero-order chi connectivity index (χ0) is 14.4. The van der Waals surface area contributed by atoms with Crippen LogP contribution >= 0.6 is 0 Å². The minimum atomic E-state index is -0.914. The summed E-state index contributed by atoms with van der Waals surface area (Å²) in [5, 5.41) is 20.0. The van der Waals surface area contributed by atoms with Gasteiger partial charge in [0.15, 0.2) is 0 Å². The Bertz CT molecular complexity index is 462. The van der Waals surface area contributed by atoms with Gasteiger partial charge in [-0.3, -0.25) is 10.1 Å². The number of carboxylic acid groups (broad SMARTS) is 1. The maximum Gasteiger partial charge on any atom is 0.326 e. The number of non-ortho nitro benzene ring substituents is 1. The highest BCUT2D eigenvalue weighted by Gasteiger charge is 2.24. The molecule has 1 N–H and O–H groups in total. The van der Waals surface area contributed by atoms with Crippen LogP contribution in [-0.4, -0.2) is 28.6 Å². The molecule has 0 saturated carbocycles. The maximum atomic E-state index is 11.3. The summed E-state index contributed by atoms with van der Waals surface area (Å²) < 4.78 is 0. The topological polar surface area (TPSA) is 83.7 Å². The van der Waals surface area contributed by atoms with Gasteiger partial charge >= 0.3 is 5.97 Å². The standard InChI is InChI=1S/C13H18N2O4/c1-3-8-14(12(4-2)13(16)17)10-6-5-7-11(9-10)15(18)19/h5-7,9,12H,3-4,8H2,1-2H3,(H,16,17)/t12-/m1/s1. The summed E-state index contributed by atoms with van der Waals surface area (Å²) in [6, 6.07) is 5.43. The van der Waals surface area contributed by atoms with Gasteiger partial charge in [-0.05, 0) is 18.9 Å². The number of rotatable bonds is 7. The lowest BCUT2D eigenvalue weighted by molar-refractivity contribution is -0.384. The number of aliphatic carboxylic acids is 1.